The van der Waals surface area contributed by atoms with Crippen LogP contribution < -0.4 is 5.32 Å². The average Bonchev–Trinajstić information content (AvgIpc) is 2.16. The van der Waals surface area contributed by atoms with Crippen molar-refractivity contribution in [2.45, 2.75) is 19.0 Å². The molecule has 1 heterocycles. The van der Waals surface area contributed by atoms with Gasteiger partial charge < -0.3 is 5.32 Å². The Bertz CT molecular complexity index is 354. The number of piperidine rings is 1. The van der Waals surface area contributed by atoms with Gasteiger partial charge in [0.1, 0.15) is 0 Å². The maximum atomic E-state index is 12.4. The fourth-order valence-corrected chi connectivity index (χ4v) is 1.92. The van der Waals surface area contributed by atoms with Crippen molar-refractivity contribution >= 4 is 5.91 Å². The zero-order valence-corrected chi connectivity index (χ0v) is 7.90. The Balaban J connectivity index is 2.29. The van der Waals surface area contributed by atoms with Gasteiger partial charge in [-0.3, -0.25) is 4.79 Å². The number of carbonyl (C=O) groups is 1. The van der Waals surface area contributed by atoms with E-state index in [4.69, 9.17) is 0 Å². The second kappa shape index (κ2) is 3.40. The molecule has 2 aliphatic rings. The number of alkyl halides is 3. The SMILES string of the molecule is O=C1NCCC2CC=C(C(F)(F)F)C=C12. The Kier molecular flexibility index (Phi) is 2.32. The molecule has 0 aromatic carbocycles. The molecule has 1 atom stereocenters. The molecule has 1 fully saturated rings. The van der Waals surface area contributed by atoms with Gasteiger partial charge in [0.25, 0.3) is 0 Å². The molecule has 5 heteroatoms. The van der Waals surface area contributed by atoms with Crippen molar-refractivity contribution in [2.75, 3.05) is 6.54 Å². The van der Waals surface area contributed by atoms with Crippen molar-refractivity contribution in [2.24, 2.45) is 5.92 Å². The van der Waals surface area contributed by atoms with Crippen LogP contribution in [0.15, 0.2) is 23.3 Å². The van der Waals surface area contributed by atoms with E-state index in [1.807, 2.05) is 0 Å². The molecule has 0 spiro atoms. The maximum absolute atomic E-state index is 12.4. The lowest BCUT2D eigenvalue weighted by Crippen LogP contribution is -2.37. The first-order valence-corrected chi connectivity index (χ1v) is 4.75. The minimum Gasteiger partial charge on any atom is -0.352 e. The van der Waals surface area contributed by atoms with E-state index < -0.39 is 11.7 Å². The van der Waals surface area contributed by atoms with Crippen LogP contribution in [0.4, 0.5) is 13.2 Å². The third kappa shape index (κ3) is 1.91. The van der Waals surface area contributed by atoms with Crippen molar-refractivity contribution in [1.29, 1.82) is 0 Å². The smallest absolute Gasteiger partial charge is 0.352 e. The summed E-state index contributed by atoms with van der Waals surface area (Å²) in [5.41, 5.74) is -0.429. The molecule has 0 radical (unpaired) electrons. The molecule has 1 N–H and O–H groups in total. The zero-order chi connectivity index (χ0) is 11.1. The Labute approximate surface area is 84.8 Å². The number of allylic oxidation sites excluding steroid dienone is 3. The van der Waals surface area contributed by atoms with Crippen molar-refractivity contribution in [3.8, 4) is 0 Å². The van der Waals surface area contributed by atoms with Crippen LogP contribution in [0.3, 0.4) is 0 Å². The van der Waals surface area contributed by atoms with Crippen molar-refractivity contribution in [3.63, 3.8) is 0 Å². The molecule has 0 aromatic rings. The Morgan fingerprint density at radius 2 is 2.13 bits per heavy atom. The molecule has 82 valence electrons. The number of amides is 1. The molecule has 1 aliphatic heterocycles. The zero-order valence-electron chi connectivity index (χ0n) is 7.90. The first kappa shape index (κ1) is 10.3. The van der Waals surface area contributed by atoms with Gasteiger partial charge in [-0.05, 0) is 24.8 Å². The van der Waals surface area contributed by atoms with Gasteiger partial charge in [0.05, 0.1) is 5.57 Å². The molecule has 0 bridgehead atoms. The third-order valence-corrected chi connectivity index (χ3v) is 2.74. The van der Waals surface area contributed by atoms with Gasteiger partial charge in [-0.25, -0.2) is 0 Å². The highest BCUT2D eigenvalue weighted by Crippen LogP contribution is 2.36. The van der Waals surface area contributed by atoms with Gasteiger partial charge in [0.15, 0.2) is 0 Å². The molecule has 1 amide bonds. The van der Waals surface area contributed by atoms with E-state index >= 15 is 0 Å². The Morgan fingerprint density at radius 3 is 2.80 bits per heavy atom. The molecule has 15 heavy (non-hydrogen) atoms. The predicted octanol–water partition coefficient (Wildman–Crippen LogP) is 1.94. The van der Waals surface area contributed by atoms with E-state index in [-0.39, 0.29) is 17.4 Å². The highest BCUT2D eigenvalue weighted by atomic mass is 19.4. The summed E-state index contributed by atoms with van der Waals surface area (Å²) in [6, 6.07) is 0. The molecule has 1 saturated heterocycles. The van der Waals surface area contributed by atoms with Crippen LogP contribution >= 0.6 is 0 Å². The van der Waals surface area contributed by atoms with E-state index in [0.717, 1.165) is 12.5 Å². The van der Waals surface area contributed by atoms with Crippen molar-refractivity contribution < 1.29 is 18.0 Å². The lowest BCUT2D eigenvalue weighted by molar-refractivity contribution is -0.119. The summed E-state index contributed by atoms with van der Waals surface area (Å²) in [6.07, 6.45) is -1.17. The van der Waals surface area contributed by atoms with Gasteiger partial charge in [-0.2, -0.15) is 13.2 Å². The highest BCUT2D eigenvalue weighted by molar-refractivity contribution is 5.95. The maximum Gasteiger partial charge on any atom is 0.416 e. The van der Waals surface area contributed by atoms with Crippen LogP contribution in [-0.4, -0.2) is 18.6 Å². The number of hydrogen-bond acceptors (Lipinski definition) is 1. The fraction of sp³-hybridized carbons (Fsp3) is 0.500. The van der Waals surface area contributed by atoms with Gasteiger partial charge in [-0.15, -0.1) is 0 Å². The summed E-state index contributed by atoms with van der Waals surface area (Å²) < 4.78 is 37.1. The number of halogens is 3. The number of nitrogens with one attached hydrogen (secondary N) is 1. The topological polar surface area (TPSA) is 29.1 Å². The molecule has 0 saturated carbocycles. The quantitative estimate of drug-likeness (QED) is 0.660. The number of fused-ring (bicyclic) bond motifs is 1. The second-order valence-electron chi connectivity index (χ2n) is 3.73. The van der Waals surface area contributed by atoms with Gasteiger partial charge in [0, 0.05) is 12.1 Å². The average molecular weight is 217 g/mol. The van der Waals surface area contributed by atoms with Crippen LogP contribution in [0.25, 0.3) is 0 Å². The minimum absolute atomic E-state index is 0.0372. The summed E-state index contributed by atoms with van der Waals surface area (Å²) in [5.74, 6) is -0.397. The van der Waals surface area contributed by atoms with Gasteiger partial charge in [0.2, 0.25) is 5.91 Å². The number of carbonyl (C=O) groups excluding carboxylic acids is 1. The van der Waals surface area contributed by atoms with Crippen molar-refractivity contribution in [1.82, 2.24) is 5.32 Å². The van der Waals surface area contributed by atoms with Gasteiger partial charge >= 0.3 is 6.18 Å². The summed E-state index contributed by atoms with van der Waals surface area (Å²) in [6.45, 7) is 0.552. The molecule has 1 unspecified atom stereocenters. The van der Waals surface area contributed by atoms with Crippen LogP contribution in [0.5, 0.6) is 0 Å². The summed E-state index contributed by atoms with van der Waals surface area (Å²) in [7, 11) is 0. The minimum atomic E-state index is -4.35. The summed E-state index contributed by atoms with van der Waals surface area (Å²) in [5, 5.41) is 2.55. The summed E-state index contributed by atoms with van der Waals surface area (Å²) >= 11 is 0. The number of rotatable bonds is 0. The first-order valence-electron chi connectivity index (χ1n) is 4.75. The molecule has 1 aliphatic carbocycles. The normalized spacial score (nSPS) is 26.3. The van der Waals surface area contributed by atoms with E-state index in [1.165, 1.54) is 6.08 Å². The summed E-state index contributed by atoms with van der Waals surface area (Å²) in [4.78, 5) is 11.3. The lowest BCUT2D eigenvalue weighted by atomic mass is 9.83. The van der Waals surface area contributed by atoms with E-state index in [2.05, 4.69) is 5.32 Å². The molecule has 2 nitrogen and oxygen atoms in total. The van der Waals surface area contributed by atoms with Crippen LogP contribution in [-0.2, 0) is 4.79 Å². The van der Waals surface area contributed by atoms with E-state index in [0.29, 0.717) is 13.0 Å². The van der Waals surface area contributed by atoms with Crippen LogP contribution in [0.2, 0.25) is 0 Å². The fourth-order valence-electron chi connectivity index (χ4n) is 1.92. The van der Waals surface area contributed by atoms with Crippen LogP contribution in [0.1, 0.15) is 12.8 Å². The molecule has 0 aromatic heterocycles. The largest absolute Gasteiger partial charge is 0.416 e. The highest BCUT2D eigenvalue weighted by Gasteiger charge is 2.37. The monoisotopic (exact) mass is 217 g/mol. The predicted molar refractivity (Wildman–Crippen MR) is 48.0 cm³/mol. The Morgan fingerprint density at radius 1 is 1.40 bits per heavy atom. The molecular formula is C10H10F3NO. The molecular weight excluding hydrogens is 207 g/mol. The number of hydrogen-bond donors (Lipinski definition) is 1. The van der Waals surface area contributed by atoms with E-state index in [9.17, 15) is 18.0 Å². The van der Waals surface area contributed by atoms with Crippen molar-refractivity contribution in [3.05, 3.63) is 23.3 Å². The third-order valence-electron chi connectivity index (χ3n) is 2.74. The lowest BCUT2D eigenvalue weighted by Gasteiger charge is -2.28. The standard InChI is InChI=1S/C10H10F3NO/c11-10(12,13)7-2-1-6-3-4-14-9(15)8(6)5-7/h2,5-6H,1,3-4H2,(H,14,15). The van der Waals surface area contributed by atoms with Gasteiger partial charge in [-0.1, -0.05) is 6.08 Å². The Hall–Kier alpha value is -1.26. The molecule has 2 rings (SSSR count). The first-order chi connectivity index (χ1) is 6.98. The van der Waals surface area contributed by atoms with E-state index in [1.54, 1.807) is 0 Å². The van der Waals surface area contributed by atoms with Crippen LogP contribution in [0, 0.1) is 5.92 Å². The second-order valence-corrected chi connectivity index (χ2v) is 3.73.